The van der Waals surface area contributed by atoms with Gasteiger partial charge in [-0.1, -0.05) is 23.2 Å². The average molecular weight is 304 g/mol. The van der Waals surface area contributed by atoms with Crippen LogP contribution < -0.4 is 16.0 Å². The van der Waals surface area contributed by atoms with Crippen molar-refractivity contribution in [3.63, 3.8) is 0 Å². The van der Waals surface area contributed by atoms with Crippen LogP contribution in [0, 0.1) is 0 Å². The molecule has 1 saturated heterocycles. The van der Waals surface area contributed by atoms with Gasteiger partial charge in [-0.05, 0) is 18.2 Å². The molecule has 2 rings (SSSR count). The van der Waals surface area contributed by atoms with Gasteiger partial charge in [-0.25, -0.2) is 4.79 Å². The van der Waals surface area contributed by atoms with Gasteiger partial charge in [-0.15, -0.1) is 0 Å². The Labute approximate surface area is 121 Å². The number of carbonyl (C=O) groups excluding carboxylic acids is 1. The summed E-state index contributed by atoms with van der Waals surface area (Å²) in [5.74, 6) is 0. The van der Waals surface area contributed by atoms with Crippen molar-refractivity contribution in [3.8, 4) is 0 Å². The predicted octanol–water partition coefficient (Wildman–Crippen LogP) is 2.10. The Balaban J connectivity index is 1.92. The van der Waals surface area contributed by atoms with Crippen molar-refractivity contribution in [3.05, 3.63) is 28.2 Å². The van der Waals surface area contributed by atoms with Crippen LogP contribution in [0.15, 0.2) is 18.2 Å². The first-order chi connectivity index (χ1) is 9.10. The highest BCUT2D eigenvalue weighted by Crippen LogP contribution is 2.24. The van der Waals surface area contributed by atoms with E-state index in [9.17, 15) is 4.79 Å². The zero-order chi connectivity index (χ0) is 13.8. The summed E-state index contributed by atoms with van der Waals surface area (Å²) in [7, 11) is 1.63. The van der Waals surface area contributed by atoms with Crippen molar-refractivity contribution in [1.82, 2.24) is 10.6 Å². The van der Waals surface area contributed by atoms with Gasteiger partial charge in [0.15, 0.2) is 0 Å². The Morgan fingerprint density at radius 2 is 2.16 bits per heavy atom. The second-order valence-electron chi connectivity index (χ2n) is 4.27. The topological polar surface area (TPSA) is 62.4 Å². The number of nitrogens with one attached hydrogen (secondary N) is 3. The molecule has 1 fully saturated rings. The molecule has 7 heteroatoms. The van der Waals surface area contributed by atoms with E-state index in [0.717, 1.165) is 6.54 Å². The lowest BCUT2D eigenvalue weighted by molar-refractivity contribution is 0.0991. The van der Waals surface area contributed by atoms with Gasteiger partial charge in [0.05, 0.1) is 22.2 Å². The van der Waals surface area contributed by atoms with E-state index in [0.29, 0.717) is 22.3 Å². The summed E-state index contributed by atoms with van der Waals surface area (Å²) in [6.07, 6.45) is -0.0143. The van der Waals surface area contributed by atoms with Gasteiger partial charge in [-0.2, -0.15) is 0 Å². The van der Waals surface area contributed by atoms with Crippen LogP contribution in [0.3, 0.4) is 0 Å². The van der Waals surface area contributed by atoms with Gasteiger partial charge < -0.3 is 20.7 Å². The van der Waals surface area contributed by atoms with Crippen LogP contribution in [-0.4, -0.2) is 38.4 Å². The number of carbonyl (C=O) groups is 1. The van der Waals surface area contributed by atoms with E-state index in [1.165, 1.54) is 0 Å². The molecule has 2 amide bonds. The smallest absolute Gasteiger partial charge is 0.319 e. The largest absolute Gasteiger partial charge is 0.378 e. The highest BCUT2D eigenvalue weighted by molar-refractivity contribution is 6.42. The van der Waals surface area contributed by atoms with E-state index in [-0.39, 0.29) is 18.2 Å². The van der Waals surface area contributed by atoms with E-state index < -0.39 is 0 Å². The molecular formula is C12H15Cl2N3O2. The van der Waals surface area contributed by atoms with Crippen LogP contribution in [0.1, 0.15) is 0 Å². The molecule has 1 aliphatic heterocycles. The third kappa shape index (κ3) is 3.73. The predicted molar refractivity (Wildman–Crippen MR) is 76.1 cm³/mol. The Kier molecular flexibility index (Phi) is 4.87. The fourth-order valence-corrected chi connectivity index (χ4v) is 2.25. The maximum atomic E-state index is 11.8. The lowest BCUT2D eigenvalue weighted by Crippen LogP contribution is -2.45. The van der Waals surface area contributed by atoms with E-state index in [4.69, 9.17) is 27.9 Å². The minimum atomic E-state index is -0.297. The van der Waals surface area contributed by atoms with Gasteiger partial charge in [0.1, 0.15) is 0 Å². The summed E-state index contributed by atoms with van der Waals surface area (Å²) in [6, 6.07) is 4.58. The number of methoxy groups -OCH3 is 1. The number of hydrogen-bond donors (Lipinski definition) is 3. The average Bonchev–Trinajstić information content (AvgIpc) is 2.81. The summed E-state index contributed by atoms with van der Waals surface area (Å²) >= 11 is 11.7. The van der Waals surface area contributed by atoms with Gasteiger partial charge in [0.25, 0.3) is 0 Å². The Morgan fingerprint density at radius 1 is 1.37 bits per heavy atom. The summed E-state index contributed by atoms with van der Waals surface area (Å²) in [5.41, 5.74) is 0.590. The first-order valence-electron chi connectivity index (χ1n) is 5.86. The van der Waals surface area contributed by atoms with E-state index in [1.54, 1.807) is 25.3 Å². The number of benzene rings is 1. The number of hydrogen-bond acceptors (Lipinski definition) is 3. The fourth-order valence-electron chi connectivity index (χ4n) is 1.96. The van der Waals surface area contributed by atoms with Crippen LogP contribution in [0.2, 0.25) is 10.0 Å². The van der Waals surface area contributed by atoms with Crippen LogP contribution >= 0.6 is 23.2 Å². The van der Waals surface area contributed by atoms with Crippen molar-refractivity contribution in [2.75, 3.05) is 25.5 Å². The Hall–Kier alpha value is -1.01. The minimum Gasteiger partial charge on any atom is -0.378 e. The van der Waals surface area contributed by atoms with Crippen LogP contribution in [0.25, 0.3) is 0 Å². The standard InChI is InChI=1S/C12H15Cl2N3O2/c1-19-11-6-15-5-10(11)17-12(18)16-7-2-3-8(13)9(14)4-7/h2-4,10-11,15H,5-6H2,1H3,(H2,16,17,18)/t10?,11-/m0/s1. The van der Waals surface area contributed by atoms with E-state index >= 15 is 0 Å². The molecular weight excluding hydrogens is 289 g/mol. The summed E-state index contributed by atoms with van der Waals surface area (Å²) in [6.45, 7) is 1.42. The SMILES string of the molecule is CO[C@H]1CNCC1NC(=O)Nc1ccc(Cl)c(Cl)c1. The molecule has 1 heterocycles. The fraction of sp³-hybridized carbons (Fsp3) is 0.417. The van der Waals surface area contributed by atoms with Gasteiger partial charge in [0.2, 0.25) is 0 Å². The Bertz CT molecular complexity index is 470. The number of rotatable bonds is 3. The number of urea groups is 1. The van der Waals surface area contributed by atoms with Crippen LogP contribution in [0.4, 0.5) is 10.5 Å². The third-order valence-corrected chi connectivity index (χ3v) is 3.69. The molecule has 1 aromatic rings. The Morgan fingerprint density at radius 3 is 2.84 bits per heavy atom. The molecule has 0 radical (unpaired) electrons. The maximum absolute atomic E-state index is 11.8. The van der Waals surface area contributed by atoms with E-state index in [2.05, 4.69) is 16.0 Å². The van der Waals surface area contributed by atoms with Crippen molar-refractivity contribution in [2.45, 2.75) is 12.1 Å². The van der Waals surface area contributed by atoms with Gasteiger partial charge >= 0.3 is 6.03 Å². The van der Waals surface area contributed by atoms with Crippen molar-refractivity contribution in [2.24, 2.45) is 0 Å². The summed E-state index contributed by atoms with van der Waals surface area (Å²) in [4.78, 5) is 11.8. The molecule has 19 heavy (non-hydrogen) atoms. The first-order valence-corrected chi connectivity index (χ1v) is 6.62. The number of amides is 2. The zero-order valence-electron chi connectivity index (χ0n) is 10.4. The highest BCUT2D eigenvalue weighted by atomic mass is 35.5. The van der Waals surface area contributed by atoms with E-state index in [1.807, 2.05) is 0 Å². The van der Waals surface area contributed by atoms with Gasteiger partial charge in [0, 0.05) is 25.9 Å². The monoisotopic (exact) mass is 303 g/mol. The molecule has 1 aliphatic rings. The summed E-state index contributed by atoms with van der Waals surface area (Å²) in [5, 5.41) is 9.56. The van der Waals surface area contributed by atoms with Gasteiger partial charge in [-0.3, -0.25) is 0 Å². The first kappa shape index (κ1) is 14.4. The molecule has 0 spiro atoms. The number of anilines is 1. The third-order valence-electron chi connectivity index (χ3n) is 2.96. The molecule has 104 valence electrons. The quantitative estimate of drug-likeness (QED) is 0.801. The van der Waals surface area contributed by atoms with Crippen molar-refractivity contribution < 1.29 is 9.53 Å². The van der Waals surface area contributed by atoms with Crippen LogP contribution in [-0.2, 0) is 4.74 Å². The molecule has 0 aromatic heterocycles. The van der Waals surface area contributed by atoms with Crippen molar-refractivity contribution >= 4 is 34.9 Å². The second kappa shape index (κ2) is 6.43. The highest BCUT2D eigenvalue weighted by Gasteiger charge is 2.28. The molecule has 3 N–H and O–H groups in total. The number of ether oxygens (including phenoxy) is 1. The molecule has 2 atom stereocenters. The zero-order valence-corrected chi connectivity index (χ0v) is 11.9. The maximum Gasteiger partial charge on any atom is 0.319 e. The second-order valence-corrected chi connectivity index (χ2v) is 5.08. The lowest BCUT2D eigenvalue weighted by Gasteiger charge is -2.18. The molecule has 0 saturated carbocycles. The molecule has 0 aliphatic carbocycles. The van der Waals surface area contributed by atoms with Crippen LogP contribution in [0.5, 0.6) is 0 Å². The van der Waals surface area contributed by atoms with Crippen molar-refractivity contribution in [1.29, 1.82) is 0 Å². The molecule has 0 bridgehead atoms. The molecule has 1 aromatic carbocycles. The molecule has 5 nitrogen and oxygen atoms in total. The lowest BCUT2D eigenvalue weighted by atomic mass is 10.2. The normalized spacial score (nSPS) is 22.3. The minimum absolute atomic E-state index is 0.0143. The number of halogens is 2. The summed E-state index contributed by atoms with van der Waals surface area (Å²) < 4.78 is 5.27. The molecule has 1 unspecified atom stereocenters.